The lowest BCUT2D eigenvalue weighted by Crippen LogP contribution is -2.40. The van der Waals surface area contributed by atoms with Gasteiger partial charge >= 0.3 is 6.09 Å². The largest absolute Gasteiger partial charge is 0.497 e. The molecule has 0 aliphatic rings. The number of terminal acetylenes is 1. The molecule has 1 aromatic rings. The molecule has 22 heavy (non-hydrogen) atoms. The molecule has 1 amide bonds. The minimum Gasteiger partial charge on any atom is -0.497 e. The van der Waals surface area contributed by atoms with Crippen LogP contribution < -0.4 is 10.1 Å². The number of amides is 1. The Balaban J connectivity index is 2.66. The number of carbonyl (C=O) groups is 1. The molecule has 1 atom stereocenters. The predicted octanol–water partition coefficient (Wildman–Crippen LogP) is 3.54. The molecule has 0 radical (unpaired) electrons. The summed E-state index contributed by atoms with van der Waals surface area (Å²) < 4.78 is 10.4. The van der Waals surface area contributed by atoms with Crippen molar-refractivity contribution in [2.45, 2.75) is 51.7 Å². The molecule has 0 aliphatic carbocycles. The summed E-state index contributed by atoms with van der Waals surface area (Å²) in [7, 11) is 1.63. The van der Waals surface area contributed by atoms with Gasteiger partial charge in [0.2, 0.25) is 0 Å². The average molecular weight is 303 g/mol. The molecule has 1 rings (SSSR count). The predicted molar refractivity (Wildman–Crippen MR) is 87.9 cm³/mol. The number of methoxy groups -OCH3 is 1. The Hall–Kier alpha value is -2.15. The highest BCUT2D eigenvalue weighted by atomic mass is 16.6. The highest BCUT2D eigenvalue weighted by molar-refractivity contribution is 5.68. The van der Waals surface area contributed by atoms with Crippen molar-refractivity contribution in [1.29, 1.82) is 0 Å². The number of hydrogen-bond donors (Lipinski definition) is 1. The van der Waals surface area contributed by atoms with E-state index in [-0.39, 0.29) is 6.04 Å². The second-order valence-corrected chi connectivity index (χ2v) is 6.14. The van der Waals surface area contributed by atoms with Crippen LogP contribution in [0.5, 0.6) is 5.75 Å². The minimum atomic E-state index is -0.513. The fraction of sp³-hybridized carbons (Fsp3) is 0.500. The minimum absolute atomic E-state index is 0.0562. The third kappa shape index (κ3) is 7.03. The van der Waals surface area contributed by atoms with Crippen LogP contribution in [0.1, 0.15) is 39.2 Å². The number of ether oxygens (including phenoxy) is 2. The van der Waals surface area contributed by atoms with Crippen LogP contribution in [0, 0.1) is 12.3 Å². The van der Waals surface area contributed by atoms with Crippen LogP contribution in [-0.2, 0) is 11.2 Å². The molecule has 0 fully saturated rings. The molecule has 0 saturated heterocycles. The lowest BCUT2D eigenvalue weighted by molar-refractivity contribution is 0.0502. The molecule has 0 unspecified atom stereocenters. The third-order valence-electron chi connectivity index (χ3n) is 3.00. The zero-order chi connectivity index (χ0) is 16.6. The molecular formula is C18H25NO3. The standard InChI is InChI=1S/C18H25NO3/c1-6-7-8-15(19-17(20)22-18(2,3)4)13-14-9-11-16(21-5)12-10-14/h1,9-12,15H,7-8,13H2,2-5H3,(H,19,20)/t15-/m1/s1. The Kier molecular flexibility index (Phi) is 6.78. The van der Waals surface area contributed by atoms with Crippen LogP contribution in [0.25, 0.3) is 0 Å². The molecule has 4 heteroatoms. The van der Waals surface area contributed by atoms with E-state index in [0.717, 1.165) is 11.3 Å². The van der Waals surface area contributed by atoms with E-state index in [9.17, 15) is 4.79 Å². The van der Waals surface area contributed by atoms with Crippen LogP contribution in [0.2, 0.25) is 0 Å². The van der Waals surface area contributed by atoms with Crippen molar-refractivity contribution in [2.75, 3.05) is 7.11 Å². The normalized spacial score (nSPS) is 12.1. The van der Waals surface area contributed by atoms with E-state index in [2.05, 4.69) is 11.2 Å². The van der Waals surface area contributed by atoms with E-state index in [0.29, 0.717) is 19.3 Å². The molecular weight excluding hydrogens is 278 g/mol. The molecule has 0 bridgehead atoms. The van der Waals surface area contributed by atoms with Crippen molar-refractivity contribution in [1.82, 2.24) is 5.32 Å². The maximum absolute atomic E-state index is 11.9. The molecule has 4 nitrogen and oxygen atoms in total. The fourth-order valence-corrected chi connectivity index (χ4v) is 2.00. The van der Waals surface area contributed by atoms with Gasteiger partial charge in [0, 0.05) is 12.5 Å². The molecule has 0 aliphatic heterocycles. The van der Waals surface area contributed by atoms with Gasteiger partial charge < -0.3 is 14.8 Å². The van der Waals surface area contributed by atoms with E-state index in [4.69, 9.17) is 15.9 Å². The molecule has 0 spiro atoms. The van der Waals surface area contributed by atoms with Gasteiger partial charge in [-0.3, -0.25) is 0 Å². The maximum Gasteiger partial charge on any atom is 0.407 e. The van der Waals surface area contributed by atoms with Crippen LogP contribution in [0.3, 0.4) is 0 Å². The van der Waals surface area contributed by atoms with Crippen LogP contribution in [0.4, 0.5) is 4.79 Å². The van der Waals surface area contributed by atoms with E-state index < -0.39 is 11.7 Å². The number of alkyl carbamates (subject to hydrolysis) is 1. The third-order valence-corrected chi connectivity index (χ3v) is 3.00. The molecule has 1 N–H and O–H groups in total. The van der Waals surface area contributed by atoms with E-state index in [1.807, 2.05) is 45.0 Å². The monoisotopic (exact) mass is 303 g/mol. The summed E-state index contributed by atoms with van der Waals surface area (Å²) in [4.78, 5) is 11.9. The molecule has 0 saturated carbocycles. The van der Waals surface area contributed by atoms with E-state index in [1.165, 1.54) is 0 Å². The highest BCUT2D eigenvalue weighted by Gasteiger charge is 2.19. The number of hydrogen-bond acceptors (Lipinski definition) is 3. The van der Waals surface area contributed by atoms with Crippen molar-refractivity contribution < 1.29 is 14.3 Å². The van der Waals surface area contributed by atoms with Crippen molar-refractivity contribution >= 4 is 6.09 Å². The first kappa shape index (κ1) is 17.9. The highest BCUT2D eigenvalue weighted by Crippen LogP contribution is 2.15. The first-order valence-corrected chi connectivity index (χ1v) is 7.40. The molecule has 0 aromatic heterocycles. The van der Waals surface area contributed by atoms with Crippen molar-refractivity contribution in [2.24, 2.45) is 0 Å². The van der Waals surface area contributed by atoms with E-state index in [1.54, 1.807) is 7.11 Å². The lowest BCUT2D eigenvalue weighted by Gasteiger charge is -2.23. The Morgan fingerprint density at radius 3 is 2.45 bits per heavy atom. The maximum atomic E-state index is 11.9. The summed E-state index contributed by atoms with van der Waals surface area (Å²) in [5, 5.41) is 2.90. The Labute approximate surface area is 133 Å². The van der Waals surface area contributed by atoms with Gasteiger partial charge in [-0.2, -0.15) is 0 Å². The Bertz CT molecular complexity index is 509. The summed E-state index contributed by atoms with van der Waals surface area (Å²) in [6, 6.07) is 7.72. The van der Waals surface area contributed by atoms with Crippen LogP contribution >= 0.6 is 0 Å². The number of rotatable bonds is 6. The van der Waals surface area contributed by atoms with Gasteiger partial charge in [0.1, 0.15) is 11.4 Å². The first-order chi connectivity index (χ1) is 10.3. The summed E-state index contributed by atoms with van der Waals surface area (Å²) in [5.41, 5.74) is 0.597. The second-order valence-electron chi connectivity index (χ2n) is 6.14. The van der Waals surface area contributed by atoms with Crippen molar-refractivity contribution in [3.63, 3.8) is 0 Å². The van der Waals surface area contributed by atoms with Gasteiger partial charge in [0.25, 0.3) is 0 Å². The van der Waals surface area contributed by atoms with Gasteiger partial charge in [-0.05, 0) is 51.3 Å². The average Bonchev–Trinajstić information content (AvgIpc) is 2.43. The van der Waals surface area contributed by atoms with E-state index >= 15 is 0 Å². The number of carbonyl (C=O) groups excluding carboxylic acids is 1. The van der Waals surface area contributed by atoms with Crippen molar-refractivity contribution in [3.05, 3.63) is 29.8 Å². The van der Waals surface area contributed by atoms with Gasteiger partial charge in [0.15, 0.2) is 0 Å². The van der Waals surface area contributed by atoms with Crippen molar-refractivity contribution in [3.8, 4) is 18.1 Å². The molecule has 120 valence electrons. The van der Waals surface area contributed by atoms with Gasteiger partial charge in [-0.25, -0.2) is 4.79 Å². The summed E-state index contributed by atoms with van der Waals surface area (Å²) in [6.45, 7) is 5.52. The van der Waals surface area contributed by atoms with Crippen LogP contribution in [-0.4, -0.2) is 24.8 Å². The van der Waals surface area contributed by atoms with Crippen LogP contribution in [0.15, 0.2) is 24.3 Å². The summed E-state index contributed by atoms with van der Waals surface area (Å²) in [5.74, 6) is 3.42. The number of benzene rings is 1. The fourth-order valence-electron chi connectivity index (χ4n) is 2.00. The smallest absolute Gasteiger partial charge is 0.407 e. The quantitative estimate of drug-likeness (QED) is 0.818. The SMILES string of the molecule is C#CCC[C@H](Cc1ccc(OC)cc1)NC(=O)OC(C)(C)C. The Morgan fingerprint density at radius 1 is 1.32 bits per heavy atom. The Morgan fingerprint density at radius 2 is 1.95 bits per heavy atom. The first-order valence-electron chi connectivity index (χ1n) is 7.40. The summed E-state index contributed by atoms with van der Waals surface area (Å²) in [6.07, 6.45) is 6.93. The second kappa shape index (κ2) is 8.33. The van der Waals surface area contributed by atoms with Gasteiger partial charge in [0.05, 0.1) is 7.11 Å². The molecule has 1 aromatic carbocycles. The topological polar surface area (TPSA) is 47.6 Å². The number of nitrogens with one attached hydrogen (secondary N) is 1. The van der Waals surface area contributed by atoms with Gasteiger partial charge in [-0.15, -0.1) is 12.3 Å². The summed E-state index contributed by atoms with van der Waals surface area (Å²) >= 11 is 0. The van der Waals surface area contributed by atoms with Gasteiger partial charge in [-0.1, -0.05) is 12.1 Å². The zero-order valence-electron chi connectivity index (χ0n) is 13.8. The molecule has 0 heterocycles. The lowest BCUT2D eigenvalue weighted by atomic mass is 10.0. The zero-order valence-corrected chi connectivity index (χ0v) is 13.8.